The predicted molar refractivity (Wildman–Crippen MR) is 73.8 cm³/mol. The molecule has 0 aromatic carbocycles. The summed E-state index contributed by atoms with van der Waals surface area (Å²) in [6.07, 6.45) is 4.54. The molecule has 0 aliphatic heterocycles. The van der Waals surface area contributed by atoms with Crippen LogP contribution in [0.25, 0.3) is 0 Å². The Bertz CT molecular complexity index is 212. The Hall–Kier alpha value is -0.200. The minimum atomic E-state index is -0.353. The zero-order valence-electron chi connectivity index (χ0n) is 11.2. The zero-order valence-corrected chi connectivity index (χ0v) is 12.0. The van der Waals surface area contributed by atoms with Crippen LogP contribution >= 0.6 is 11.8 Å². The van der Waals surface area contributed by atoms with Gasteiger partial charge in [-0.3, -0.25) is 5.32 Å². The zero-order chi connectivity index (χ0) is 12.4. The smallest absolute Gasteiger partial charge is 0.104 e. The summed E-state index contributed by atoms with van der Waals surface area (Å²) in [5, 5.41) is 13.1. The van der Waals surface area contributed by atoms with Gasteiger partial charge in [0, 0.05) is 5.25 Å². The monoisotopic (exact) mass is 242 g/mol. The largest absolute Gasteiger partial charge is 0.300 e. The molecule has 2 nitrogen and oxygen atoms in total. The second kappa shape index (κ2) is 8.90. The fourth-order valence-corrected chi connectivity index (χ4v) is 2.93. The van der Waals surface area contributed by atoms with E-state index in [2.05, 4.69) is 32.2 Å². The highest BCUT2D eigenvalue weighted by molar-refractivity contribution is 7.99. The average Bonchev–Trinajstić information content (AvgIpc) is 2.27. The van der Waals surface area contributed by atoms with Gasteiger partial charge in [0.25, 0.3) is 0 Å². The quantitative estimate of drug-likeness (QED) is 0.628. The normalized spacial score (nSPS) is 16.4. The number of hydrogen-bond donors (Lipinski definition) is 1. The molecule has 94 valence electrons. The molecule has 0 aromatic rings. The summed E-state index contributed by atoms with van der Waals surface area (Å²) in [4.78, 5) is 0. The molecular formula is C13H26N2S. The third-order valence-corrected chi connectivity index (χ3v) is 3.87. The van der Waals surface area contributed by atoms with E-state index in [-0.39, 0.29) is 5.54 Å². The third-order valence-electron chi connectivity index (χ3n) is 2.61. The Morgan fingerprint density at radius 1 is 1.38 bits per heavy atom. The molecule has 0 heterocycles. The maximum absolute atomic E-state index is 9.21. The van der Waals surface area contributed by atoms with E-state index in [1.165, 1.54) is 18.6 Å². The first kappa shape index (κ1) is 15.8. The molecular weight excluding hydrogens is 216 g/mol. The highest BCUT2D eigenvalue weighted by Gasteiger charge is 2.25. The summed E-state index contributed by atoms with van der Waals surface area (Å²) >= 11 is 1.99. The lowest BCUT2D eigenvalue weighted by Crippen LogP contribution is -2.43. The number of rotatable bonds is 9. The van der Waals surface area contributed by atoms with Crippen molar-refractivity contribution in [1.82, 2.24) is 5.32 Å². The van der Waals surface area contributed by atoms with Crippen molar-refractivity contribution in [1.29, 1.82) is 5.26 Å². The van der Waals surface area contributed by atoms with Crippen molar-refractivity contribution < 1.29 is 0 Å². The Labute approximate surface area is 105 Å². The first-order chi connectivity index (χ1) is 7.58. The number of thioether (sulfide) groups is 1. The molecule has 0 saturated heterocycles. The van der Waals surface area contributed by atoms with E-state index in [1.54, 1.807) is 0 Å². The molecule has 0 saturated carbocycles. The Kier molecular flexibility index (Phi) is 8.78. The molecule has 3 heteroatoms. The van der Waals surface area contributed by atoms with E-state index in [4.69, 9.17) is 0 Å². The minimum Gasteiger partial charge on any atom is -0.300 e. The summed E-state index contributed by atoms with van der Waals surface area (Å²) in [5.41, 5.74) is -0.353. The van der Waals surface area contributed by atoms with Gasteiger partial charge >= 0.3 is 0 Å². The van der Waals surface area contributed by atoms with Crippen molar-refractivity contribution in [3.05, 3.63) is 0 Å². The van der Waals surface area contributed by atoms with Crippen molar-refractivity contribution >= 4 is 11.8 Å². The fraction of sp³-hybridized carbons (Fsp3) is 0.923. The Balaban J connectivity index is 3.95. The van der Waals surface area contributed by atoms with Crippen LogP contribution in [0.2, 0.25) is 0 Å². The summed E-state index contributed by atoms with van der Waals surface area (Å²) in [7, 11) is 0. The molecule has 2 unspecified atom stereocenters. The van der Waals surface area contributed by atoms with E-state index >= 15 is 0 Å². The molecule has 1 N–H and O–H groups in total. The molecule has 0 bridgehead atoms. The molecule has 2 atom stereocenters. The lowest BCUT2D eigenvalue weighted by molar-refractivity contribution is 0.418. The molecule has 0 amide bonds. The fourth-order valence-electron chi connectivity index (χ4n) is 1.62. The van der Waals surface area contributed by atoms with Crippen LogP contribution in [0.1, 0.15) is 53.4 Å². The van der Waals surface area contributed by atoms with E-state index in [0.29, 0.717) is 5.25 Å². The van der Waals surface area contributed by atoms with Crippen molar-refractivity contribution in [2.75, 3.05) is 12.3 Å². The van der Waals surface area contributed by atoms with E-state index < -0.39 is 0 Å². The van der Waals surface area contributed by atoms with Gasteiger partial charge in [0.05, 0.1) is 6.07 Å². The van der Waals surface area contributed by atoms with Crippen LogP contribution in [0.5, 0.6) is 0 Å². The van der Waals surface area contributed by atoms with Crippen LogP contribution in [0.4, 0.5) is 0 Å². The van der Waals surface area contributed by atoms with Gasteiger partial charge in [-0.25, -0.2) is 0 Å². The summed E-state index contributed by atoms with van der Waals surface area (Å²) in [5.74, 6) is 1.22. The van der Waals surface area contributed by atoms with Gasteiger partial charge in [-0.15, -0.1) is 0 Å². The highest BCUT2D eigenvalue weighted by Crippen LogP contribution is 2.22. The van der Waals surface area contributed by atoms with Gasteiger partial charge in [-0.05, 0) is 38.5 Å². The molecule has 0 rings (SSSR count). The lowest BCUT2D eigenvalue weighted by atomic mass is 9.98. The summed E-state index contributed by atoms with van der Waals surface area (Å²) in [6, 6.07) is 2.41. The van der Waals surface area contributed by atoms with Crippen LogP contribution < -0.4 is 5.32 Å². The Morgan fingerprint density at radius 2 is 2.06 bits per heavy atom. The Morgan fingerprint density at radius 3 is 2.56 bits per heavy atom. The second-order valence-electron chi connectivity index (χ2n) is 4.61. The first-order valence-electron chi connectivity index (χ1n) is 6.35. The molecule has 0 aliphatic rings. The molecule has 0 fully saturated rings. The van der Waals surface area contributed by atoms with Crippen molar-refractivity contribution in [2.24, 2.45) is 0 Å². The SMILES string of the molecule is CCCCSC(C)CC(C)(C#N)NCCC. The van der Waals surface area contributed by atoms with Gasteiger partial charge in [0.1, 0.15) is 5.54 Å². The van der Waals surface area contributed by atoms with Crippen LogP contribution in [0, 0.1) is 11.3 Å². The van der Waals surface area contributed by atoms with Crippen LogP contribution in [-0.4, -0.2) is 23.1 Å². The second-order valence-corrected chi connectivity index (χ2v) is 6.16. The van der Waals surface area contributed by atoms with Crippen LogP contribution in [0.3, 0.4) is 0 Å². The van der Waals surface area contributed by atoms with Gasteiger partial charge < -0.3 is 0 Å². The van der Waals surface area contributed by atoms with Crippen molar-refractivity contribution in [2.45, 2.75) is 64.2 Å². The predicted octanol–water partition coefficient (Wildman–Crippen LogP) is 3.58. The highest BCUT2D eigenvalue weighted by atomic mass is 32.2. The molecule has 0 aliphatic carbocycles. The molecule has 0 radical (unpaired) electrons. The number of nitrogens with zero attached hydrogens (tertiary/aromatic N) is 1. The molecule has 16 heavy (non-hydrogen) atoms. The van der Waals surface area contributed by atoms with Gasteiger partial charge in [0.15, 0.2) is 0 Å². The van der Waals surface area contributed by atoms with E-state index in [1.807, 2.05) is 18.7 Å². The minimum absolute atomic E-state index is 0.353. The first-order valence-corrected chi connectivity index (χ1v) is 7.40. The summed E-state index contributed by atoms with van der Waals surface area (Å²) in [6.45, 7) is 9.51. The number of hydrogen-bond acceptors (Lipinski definition) is 3. The maximum Gasteiger partial charge on any atom is 0.104 e. The van der Waals surface area contributed by atoms with Gasteiger partial charge in [-0.1, -0.05) is 27.2 Å². The third kappa shape index (κ3) is 7.14. The number of unbranched alkanes of at least 4 members (excludes halogenated alkanes) is 1. The van der Waals surface area contributed by atoms with Gasteiger partial charge in [0.2, 0.25) is 0 Å². The number of nitriles is 1. The maximum atomic E-state index is 9.21. The summed E-state index contributed by atoms with van der Waals surface area (Å²) < 4.78 is 0. The van der Waals surface area contributed by atoms with Crippen molar-refractivity contribution in [3.8, 4) is 6.07 Å². The van der Waals surface area contributed by atoms with E-state index in [9.17, 15) is 5.26 Å². The topological polar surface area (TPSA) is 35.8 Å². The van der Waals surface area contributed by atoms with Crippen LogP contribution in [-0.2, 0) is 0 Å². The standard InChI is InChI=1S/C13H26N2S/c1-5-7-9-16-12(3)10-13(4,11-14)15-8-6-2/h12,15H,5-10H2,1-4H3. The molecule has 0 aromatic heterocycles. The lowest BCUT2D eigenvalue weighted by Gasteiger charge is -2.26. The number of nitrogens with one attached hydrogen (secondary N) is 1. The van der Waals surface area contributed by atoms with E-state index in [0.717, 1.165) is 19.4 Å². The van der Waals surface area contributed by atoms with Gasteiger partial charge in [-0.2, -0.15) is 17.0 Å². The average molecular weight is 242 g/mol. The molecule has 0 spiro atoms. The van der Waals surface area contributed by atoms with Crippen molar-refractivity contribution in [3.63, 3.8) is 0 Å². The van der Waals surface area contributed by atoms with Crippen LogP contribution in [0.15, 0.2) is 0 Å².